The Morgan fingerprint density at radius 1 is 0.882 bits per heavy atom. The molecule has 34 heavy (non-hydrogen) atoms. The van der Waals surface area contributed by atoms with E-state index in [9.17, 15) is 14.4 Å². The maximum Gasteiger partial charge on any atom is 0.269 e. The van der Waals surface area contributed by atoms with Crippen molar-refractivity contribution >= 4 is 52.3 Å². The number of anilines is 1. The number of halogens is 1. The number of aryl methyl sites for hydroxylation is 1. The molecule has 8 nitrogen and oxygen atoms in total. The van der Waals surface area contributed by atoms with Crippen molar-refractivity contribution in [1.82, 2.24) is 16.2 Å². The summed E-state index contributed by atoms with van der Waals surface area (Å²) in [4.78, 5) is 36.6. The summed E-state index contributed by atoms with van der Waals surface area (Å²) in [5.74, 6) is -0.746. The van der Waals surface area contributed by atoms with Crippen molar-refractivity contribution in [3.8, 4) is 5.75 Å². The largest absolute Gasteiger partial charge is 0.484 e. The van der Waals surface area contributed by atoms with Crippen LogP contribution in [0, 0.1) is 6.92 Å². The van der Waals surface area contributed by atoms with E-state index in [0.717, 1.165) is 5.56 Å². The first kappa shape index (κ1) is 24.7. The third kappa shape index (κ3) is 7.29. The molecular weight excluding hydrogens is 476 g/mol. The topological polar surface area (TPSA) is 109 Å². The zero-order chi connectivity index (χ0) is 24.5. The number of rotatable bonds is 6. The molecule has 0 heterocycles. The van der Waals surface area contributed by atoms with E-state index in [1.165, 1.54) is 0 Å². The lowest BCUT2D eigenvalue weighted by Crippen LogP contribution is -2.49. The van der Waals surface area contributed by atoms with E-state index in [-0.39, 0.29) is 17.6 Å². The highest BCUT2D eigenvalue weighted by molar-refractivity contribution is 7.80. The van der Waals surface area contributed by atoms with Gasteiger partial charge in [-0.25, -0.2) is 0 Å². The van der Waals surface area contributed by atoms with Gasteiger partial charge in [-0.3, -0.25) is 30.6 Å². The molecule has 0 fully saturated rings. The van der Waals surface area contributed by atoms with E-state index in [2.05, 4.69) is 21.5 Å². The summed E-state index contributed by atoms with van der Waals surface area (Å²) in [7, 11) is 0. The summed E-state index contributed by atoms with van der Waals surface area (Å²) in [6.45, 7) is 1.59. The number of carbonyl (C=O) groups excluding carboxylic acids is 3. The molecule has 0 unspecified atom stereocenters. The van der Waals surface area contributed by atoms with Gasteiger partial charge in [-0.15, -0.1) is 0 Å². The number of nitrogens with one attached hydrogen (secondary N) is 4. The summed E-state index contributed by atoms with van der Waals surface area (Å²) in [6, 6.07) is 20.1. The number of benzene rings is 3. The van der Waals surface area contributed by atoms with Gasteiger partial charge in [0.05, 0.1) is 0 Å². The van der Waals surface area contributed by atoms with Gasteiger partial charge in [0.2, 0.25) is 0 Å². The molecular formula is C24H21ClN4O4S. The monoisotopic (exact) mass is 496 g/mol. The van der Waals surface area contributed by atoms with Crippen LogP contribution in [0.2, 0.25) is 5.02 Å². The molecule has 0 aliphatic rings. The van der Waals surface area contributed by atoms with Crippen LogP contribution in [-0.2, 0) is 4.79 Å². The molecule has 0 saturated carbocycles. The second-order valence-electron chi connectivity index (χ2n) is 7.05. The molecule has 174 valence electrons. The second kappa shape index (κ2) is 11.8. The minimum absolute atomic E-state index is 0.0971. The molecule has 0 radical (unpaired) electrons. The minimum Gasteiger partial charge on any atom is -0.484 e. The number of ether oxygens (including phenoxy) is 1. The normalized spacial score (nSPS) is 10.1. The highest BCUT2D eigenvalue weighted by atomic mass is 35.5. The molecule has 0 bridgehead atoms. The van der Waals surface area contributed by atoms with Gasteiger partial charge in [0.1, 0.15) is 5.75 Å². The second-order valence-corrected chi connectivity index (χ2v) is 7.89. The molecule has 3 amide bonds. The molecule has 10 heteroatoms. The van der Waals surface area contributed by atoms with Gasteiger partial charge in [0.25, 0.3) is 17.7 Å². The van der Waals surface area contributed by atoms with E-state index in [1.54, 1.807) is 60.7 Å². The molecule has 0 saturated heterocycles. The average Bonchev–Trinajstić information content (AvgIpc) is 2.83. The first-order valence-corrected chi connectivity index (χ1v) is 10.9. The molecule has 0 atom stereocenters. The summed E-state index contributed by atoms with van der Waals surface area (Å²) < 4.78 is 5.32. The van der Waals surface area contributed by atoms with Gasteiger partial charge in [0, 0.05) is 21.8 Å². The van der Waals surface area contributed by atoms with Crippen LogP contribution in [0.4, 0.5) is 5.69 Å². The SMILES string of the molecule is Cc1ccccc1C(=O)Nc1ccc(C(=O)NNC(=S)NC(=O)COc2ccc(Cl)cc2)cc1. The summed E-state index contributed by atoms with van der Waals surface area (Å²) in [5, 5.41) is 5.64. The number of thiocarbonyl (C=S) groups is 1. The number of amides is 3. The maximum absolute atomic E-state index is 12.4. The minimum atomic E-state index is -0.504. The lowest BCUT2D eigenvalue weighted by atomic mass is 10.1. The molecule has 4 N–H and O–H groups in total. The van der Waals surface area contributed by atoms with Gasteiger partial charge < -0.3 is 10.1 Å². The lowest BCUT2D eigenvalue weighted by molar-refractivity contribution is -0.121. The number of hydrogen-bond donors (Lipinski definition) is 4. The molecule has 0 spiro atoms. The number of hydrazine groups is 1. The van der Waals surface area contributed by atoms with Crippen LogP contribution in [0.5, 0.6) is 5.75 Å². The van der Waals surface area contributed by atoms with E-state index in [1.807, 2.05) is 19.1 Å². The third-order valence-electron chi connectivity index (χ3n) is 4.52. The summed E-state index contributed by atoms with van der Waals surface area (Å²) >= 11 is 10.8. The van der Waals surface area contributed by atoms with E-state index in [4.69, 9.17) is 28.6 Å². The average molecular weight is 497 g/mol. The van der Waals surface area contributed by atoms with Crippen molar-refractivity contribution < 1.29 is 19.1 Å². The van der Waals surface area contributed by atoms with E-state index in [0.29, 0.717) is 27.6 Å². The van der Waals surface area contributed by atoms with Crippen molar-refractivity contribution in [2.75, 3.05) is 11.9 Å². The van der Waals surface area contributed by atoms with E-state index >= 15 is 0 Å². The van der Waals surface area contributed by atoms with Crippen molar-refractivity contribution in [2.45, 2.75) is 6.92 Å². The van der Waals surface area contributed by atoms with Crippen LogP contribution in [0.25, 0.3) is 0 Å². The van der Waals surface area contributed by atoms with Crippen molar-refractivity contribution in [3.05, 3.63) is 94.5 Å². The fourth-order valence-electron chi connectivity index (χ4n) is 2.79. The zero-order valence-electron chi connectivity index (χ0n) is 18.1. The third-order valence-corrected chi connectivity index (χ3v) is 4.98. The first-order chi connectivity index (χ1) is 16.3. The van der Waals surface area contributed by atoms with Crippen LogP contribution in [0.15, 0.2) is 72.8 Å². The quantitative estimate of drug-likeness (QED) is 0.306. The van der Waals surface area contributed by atoms with Crippen LogP contribution in [0.3, 0.4) is 0 Å². The lowest BCUT2D eigenvalue weighted by Gasteiger charge is -2.12. The Balaban J connectivity index is 1.43. The number of carbonyl (C=O) groups is 3. The maximum atomic E-state index is 12.4. The Morgan fingerprint density at radius 3 is 2.24 bits per heavy atom. The highest BCUT2D eigenvalue weighted by Gasteiger charge is 2.11. The van der Waals surface area contributed by atoms with Crippen LogP contribution in [-0.4, -0.2) is 29.4 Å². The molecule has 3 aromatic rings. The molecule has 3 aromatic carbocycles. The fraction of sp³-hybridized carbons (Fsp3) is 0.0833. The zero-order valence-corrected chi connectivity index (χ0v) is 19.6. The Hall–Kier alpha value is -3.95. The Kier molecular flexibility index (Phi) is 8.55. The number of hydrogen-bond acceptors (Lipinski definition) is 5. The summed E-state index contributed by atoms with van der Waals surface area (Å²) in [5.41, 5.74) is 7.14. The van der Waals surface area contributed by atoms with Gasteiger partial charge in [-0.05, 0) is 79.3 Å². The summed E-state index contributed by atoms with van der Waals surface area (Å²) in [6.07, 6.45) is 0. The van der Waals surface area contributed by atoms with E-state index < -0.39 is 11.8 Å². The standard InChI is InChI=1S/C24H21ClN4O4S/c1-15-4-2-3-5-20(15)23(32)26-18-10-6-16(7-11-18)22(31)28-29-24(34)27-21(30)14-33-19-12-8-17(25)9-13-19/h2-13H,14H2,1H3,(H,26,32)(H,28,31)(H2,27,29,30,34). The Bertz CT molecular complexity index is 1200. The fourth-order valence-corrected chi connectivity index (χ4v) is 3.08. The molecule has 0 aromatic heterocycles. The van der Waals surface area contributed by atoms with Crippen LogP contribution < -0.4 is 26.2 Å². The first-order valence-electron chi connectivity index (χ1n) is 10.1. The van der Waals surface area contributed by atoms with Gasteiger partial charge in [-0.1, -0.05) is 29.8 Å². The molecule has 0 aliphatic carbocycles. The van der Waals surface area contributed by atoms with Gasteiger partial charge >= 0.3 is 0 Å². The Morgan fingerprint density at radius 2 is 1.56 bits per heavy atom. The van der Waals surface area contributed by atoms with Crippen LogP contribution in [0.1, 0.15) is 26.3 Å². The molecule has 0 aliphatic heterocycles. The van der Waals surface area contributed by atoms with Gasteiger partial charge in [-0.2, -0.15) is 0 Å². The molecule has 3 rings (SSSR count). The Labute approximate surface area is 206 Å². The predicted octanol–water partition coefficient (Wildman–Crippen LogP) is 3.62. The van der Waals surface area contributed by atoms with Crippen molar-refractivity contribution in [1.29, 1.82) is 0 Å². The van der Waals surface area contributed by atoms with Crippen molar-refractivity contribution in [2.24, 2.45) is 0 Å². The smallest absolute Gasteiger partial charge is 0.269 e. The van der Waals surface area contributed by atoms with Crippen LogP contribution >= 0.6 is 23.8 Å². The highest BCUT2D eigenvalue weighted by Crippen LogP contribution is 2.15. The van der Waals surface area contributed by atoms with Crippen molar-refractivity contribution in [3.63, 3.8) is 0 Å². The van der Waals surface area contributed by atoms with Gasteiger partial charge in [0.15, 0.2) is 11.7 Å². The predicted molar refractivity (Wildman–Crippen MR) is 134 cm³/mol.